The fourth-order valence-electron chi connectivity index (χ4n) is 2.19. The second-order valence-electron chi connectivity index (χ2n) is 5.24. The van der Waals surface area contributed by atoms with Gasteiger partial charge in [0, 0.05) is 29.5 Å². The summed E-state index contributed by atoms with van der Waals surface area (Å²) in [4.78, 5) is 4.51. The molecule has 0 amide bonds. The van der Waals surface area contributed by atoms with E-state index < -0.39 is 0 Å². The minimum atomic E-state index is 0.573. The molecule has 2 aromatic carbocycles. The topological polar surface area (TPSA) is 37.8 Å². The number of nitrogens with one attached hydrogen (secondary N) is 1. The molecule has 0 bridgehead atoms. The lowest BCUT2D eigenvalue weighted by Gasteiger charge is -2.04. The average molecular weight is 399 g/mol. The van der Waals surface area contributed by atoms with Crippen molar-refractivity contribution in [3.63, 3.8) is 0 Å². The van der Waals surface area contributed by atoms with Crippen LogP contribution in [0.3, 0.4) is 0 Å². The van der Waals surface area contributed by atoms with E-state index in [4.69, 9.17) is 34.8 Å². The van der Waals surface area contributed by atoms with E-state index in [1.165, 1.54) is 11.5 Å². The molecule has 0 saturated heterocycles. The zero-order valence-electron chi connectivity index (χ0n) is 12.6. The van der Waals surface area contributed by atoms with Gasteiger partial charge in [0.05, 0.1) is 10.0 Å². The highest BCUT2D eigenvalue weighted by Gasteiger charge is 2.05. The Labute approximate surface area is 159 Å². The van der Waals surface area contributed by atoms with Crippen LogP contribution in [0.1, 0.15) is 17.0 Å². The first-order chi connectivity index (χ1) is 11.6. The van der Waals surface area contributed by atoms with Crippen LogP contribution in [0.15, 0.2) is 42.5 Å². The predicted octanol–water partition coefficient (Wildman–Crippen LogP) is 5.74. The number of hydrogen-bond donors (Lipinski definition) is 1. The summed E-state index contributed by atoms with van der Waals surface area (Å²) < 4.78 is 4.38. The van der Waals surface area contributed by atoms with Crippen LogP contribution in [0.25, 0.3) is 0 Å². The van der Waals surface area contributed by atoms with Crippen molar-refractivity contribution in [2.24, 2.45) is 0 Å². The normalized spacial score (nSPS) is 10.8. The monoisotopic (exact) mass is 397 g/mol. The summed E-state index contributed by atoms with van der Waals surface area (Å²) in [7, 11) is 0. The number of benzene rings is 2. The maximum Gasteiger partial charge on any atom is 0.202 e. The van der Waals surface area contributed by atoms with Gasteiger partial charge in [0.1, 0.15) is 5.82 Å². The highest BCUT2D eigenvalue weighted by molar-refractivity contribution is 7.09. The lowest BCUT2D eigenvalue weighted by molar-refractivity contribution is 0.995. The summed E-state index contributed by atoms with van der Waals surface area (Å²) in [5, 5.41) is 5.99. The van der Waals surface area contributed by atoms with Gasteiger partial charge < -0.3 is 5.32 Å². The third-order valence-corrected chi connectivity index (χ3v) is 5.12. The van der Waals surface area contributed by atoms with Crippen molar-refractivity contribution >= 4 is 51.5 Å². The Morgan fingerprint density at radius 3 is 2.42 bits per heavy atom. The van der Waals surface area contributed by atoms with E-state index in [9.17, 15) is 0 Å². The van der Waals surface area contributed by atoms with Crippen molar-refractivity contribution in [1.82, 2.24) is 9.36 Å². The fourth-order valence-corrected chi connectivity index (χ4v) is 3.25. The molecule has 0 aliphatic rings. The van der Waals surface area contributed by atoms with E-state index in [-0.39, 0.29) is 0 Å². The minimum absolute atomic E-state index is 0.573. The van der Waals surface area contributed by atoms with Crippen molar-refractivity contribution in [2.45, 2.75) is 12.8 Å². The van der Waals surface area contributed by atoms with E-state index in [0.717, 1.165) is 40.1 Å². The number of rotatable bonds is 6. The van der Waals surface area contributed by atoms with Crippen molar-refractivity contribution in [1.29, 1.82) is 0 Å². The molecule has 0 aliphatic carbocycles. The fraction of sp³-hybridized carbons (Fsp3) is 0.176. The number of anilines is 1. The SMILES string of the molecule is Clc1ccc(Cc2nsc(NCCc3ccc(Cl)c(Cl)c3)n2)cc1. The summed E-state index contributed by atoms with van der Waals surface area (Å²) in [6.07, 6.45) is 1.53. The summed E-state index contributed by atoms with van der Waals surface area (Å²) in [6, 6.07) is 13.4. The highest BCUT2D eigenvalue weighted by Crippen LogP contribution is 2.23. The van der Waals surface area contributed by atoms with Crippen LogP contribution < -0.4 is 5.32 Å². The standard InChI is InChI=1S/C17H14Cl3N3S/c18-13-4-1-11(2-5-13)10-16-22-17(24-23-16)21-8-7-12-3-6-14(19)15(20)9-12/h1-6,9H,7-8,10H2,(H,21,22,23). The largest absolute Gasteiger partial charge is 0.360 e. The van der Waals surface area contributed by atoms with Gasteiger partial charge in [-0.3, -0.25) is 0 Å². The molecule has 0 saturated carbocycles. The molecule has 0 aliphatic heterocycles. The molecule has 124 valence electrons. The van der Waals surface area contributed by atoms with Crippen LogP contribution in [-0.4, -0.2) is 15.9 Å². The van der Waals surface area contributed by atoms with Gasteiger partial charge in [-0.25, -0.2) is 4.98 Å². The molecule has 3 rings (SSSR count). The first-order valence-electron chi connectivity index (χ1n) is 7.35. The molecule has 0 radical (unpaired) electrons. The van der Waals surface area contributed by atoms with Crippen LogP contribution >= 0.6 is 46.3 Å². The zero-order chi connectivity index (χ0) is 16.9. The number of hydrogen-bond acceptors (Lipinski definition) is 4. The molecule has 0 unspecified atom stereocenters. The van der Waals surface area contributed by atoms with Crippen LogP contribution in [-0.2, 0) is 12.8 Å². The third kappa shape index (κ3) is 4.84. The molecule has 3 nitrogen and oxygen atoms in total. The molecule has 1 heterocycles. The summed E-state index contributed by atoms with van der Waals surface area (Å²) in [5.41, 5.74) is 2.27. The molecule has 0 atom stereocenters. The Morgan fingerprint density at radius 1 is 0.917 bits per heavy atom. The first kappa shape index (κ1) is 17.5. The summed E-state index contributed by atoms with van der Waals surface area (Å²) in [6.45, 7) is 0.757. The minimum Gasteiger partial charge on any atom is -0.360 e. The highest BCUT2D eigenvalue weighted by atomic mass is 35.5. The molecule has 7 heteroatoms. The maximum absolute atomic E-state index is 6.02. The Morgan fingerprint density at radius 2 is 1.67 bits per heavy atom. The van der Waals surface area contributed by atoms with Crippen LogP contribution in [0.4, 0.5) is 5.13 Å². The molecule has 24 heavy (non-hydrogen) atoms. The Kier molecular flexibility index (Phi) is 5.95. The van der Waals surface area contributed by atoms with E-state index >= 15 is 0 Å². The van der Waals surface area contributed by atoms with E-state index in [0.29, 0.717) is 16.5 Å². The predicted molar refractivity (Wildman–Crippen MR) is 103 cm³/mol. The van der Waals surface area contributed by atoms with Crippen molar-refractivity contribution in [3.8, 4) is 0 Å². The Balaban J connectivity index is 1.52. The van der Waals surface area contributed by atoms with E-state index in [1.54, 1.807) is 0 Å². The molecule has 1 aromatic heterocycles. The van der Waals surface area contributed by atoms with Crippen molar-refractivity contribution < 1.29 is 0 Å². The summed E-state index contributed by atoms with van der Waals surface area (Å²) in [5.74, 6) is 0.805. The van der Waals surface area contributed by atoms with E-state index in [1.807, 2.05) is 42.5 Å². The number of halogens is 3. The molecule has 0 spiro atoms. The van der Waals surface area contributed by atoms with Gasteiger partial charge in [0.2, 0.25) is 5.13 Å². The Hall–Kier alpha value is -1.33. The maximum atomic E-state index is 6.02. The third-order valence-electron chi connectivity index (χ3n) is 3.42. The molecule has 0 fully saturated rings. The number of nitrogens with zero attached hydrogens (tertiary/aromatic N) is 2. The van der Waals surface area contributed by atoms with Crippen LogP contribution in [0.5, 0.6) is 0 Å². The van der Waals surface area contributed by atoms with Gasteiger partial charge in [-0.2, -0.15) is 4.37 Å². The van der Waals surface area contributed by atoms with Gasteiger partial charge >= 0.3 is 0 Å². The first-order valence-corrected chi connectivity index (χ1v) is 9.26. The van der Waals surface area contributed by atoms with Gasteiger partial charge in [0.25, 0.3) is 0 Å². The Bertz CT molecular complexity index is 818. The number of aromatic nitrogens is 2. The van der Waals surface area contributed by atoms with E-state index in [2.05, 4.69) is 14.7 Å². The summed E-state index contributed by atoms with van der Waals surface area (Å²) >= 11 is 19.2. The molecular weight excluding hydrogens is 385 g/mol. The lowest BCUT2D eigenvalue weighted by Crippen LogP contribution is -2.04. The molecular formula is C17H14Cl3N3S. The van der Waals surface area contributed by atoms with Crippen LogP contribution in [0.2, 0.25) is 15.1 Å². The zero-order valence-corrected chi connectivity index (χ0v) is 15.7. The quantitative estimate of drug-likeness (QED) is 0.575. The lowest BCUT2D eigenvalue weighted by atomic mass is 10.1. The smallest absolute Gasteiger partial charge is 0.202 e. The van der Waals surface area contributed by atoms with Gasteiger partial charge in [0.15, 0.2) is 0 Å². The van der Waals surface area contributed by atoms with Crippen molar-refractivity contribution in [3.05, 3.63) is 74.5 Å². The second kappa shape index (κ2) is 8.17. The second-order valence-corrected chi connectivity index (χ2v) is 7.25. The average Bonchev–Trinajstić information content (AvgIpc) is 3.00. The van der Waals surface area contributed by atoms with Gasteiger partial charge in [-0.1, -0.05) is 53.0 Å². The molecule has 3 aromatic rings. The van der Waals surface area contributed by atoms with Crippen molar-refractivity contribution in [2.75, 3.05) is 11.9 Å². The van der Waals surface area contributed by atoms with Gasteiger partial charge in [-0.15, -0.1) is 0 Å². The molecule has 1 N–H and O–H groups in total. The van der Waals surface area contributed by atoms with Crippen LogP contribution in [0, 0.1) is 0 Å². The van der Waals surface area contributed by atoms with Gasteiger partial charge in [-0.05, 0) is 41.8 Å².